The fraction of sp³-hybridized carbons (Fsp3) is 0.0769. The second kappa shape index (κ2) is 4.70. The lowest BCUT2D eigenvalue weighted by Crippen LogP contribution is -1.86. The van der Waals surface area contributed by atoms with Gasteiger partial charge in [0.15, 0.2) is 0 Å². The van der Waals surface area contributed by atoms with Crippen molar-refractivity contribution in [3.8, 4) is 0 Å². The Bertz CT molecular complexity index is 672. The van der Waals surface area contributed by atoms with Crippen LogP contribution in [0, 0.1) is 0 Å². The average Bonchev–Trinajstić information content (AvgIpc) is 2.82. The Morgan fingerprint density at radius 3 is 2.78 bits per heavy atom. The normalized spacial score (nSPS) is 10.9. The molecule has 0 radical (unpaired) electrons. The summed E-state index contributed by atoms with van der Waals surface area (Å²) in [7, 11) is 0. The molecule has 0 spiro atoms. The van der Waals surface area contributed by atoms with Crippen molar-refractivity contribution in [3.63, 3.8) is 0 Å². The van der Waals surface area contributed by atoms with Crippen LogP contribution in [0.1, 0.15) is 5.56 Å². The minimum atomic E-state index is 0.357. The van der Waals surface area contributed by atoms with Crippen LogP contribution in [0.3, 0.4) is 0 Å². The van der Waals surface area contributed by atoms with Crippen molar-refractivity contribution in [1.82, 2.24) is 15.2 Å². The Morgan fingerprint density at radius 2 is 1.94 bits per heavy atom. The van der Waals surface area contributed by atoms with Gasteiger partial charge in [-0.25, -0.2) is 5.10 Å². The van der Waals surface area contributed by atoms with Gasteiger partial charge in [-0.15, -0.1) is 5.10 Å². The molecule has 0 amide bonds. The van der Waals surface area contributed by atoms with Gasteiger partial charge in [-0.2, -0.15) is 4.98 Å². The van der Waals surface area contributed by atoms with Crippen LogP contribution in [0.4, 0.5) is 5.95 Å². The molecule has 0 aliphatic heterocycles. The van der Waals surface area contributed by atoms with Crippen LogP contribution < -0.4 is 5.73 Å². The molecule has 0 saturated carbocycles. The van der Waals surface area contributed by atoms with E-state index in [1.165, 1.54) is 16.3 Å². The van der Waals surface area contributed by atoms with Gasteiger partial charge in [0, 0.05) is 5.75 Å². The highest BCUT2D eigenvalue weighted by atomic mass is 32.2. The fourth-order valence-electron chi connectivity index (χ4n) is 1.88. The number of aromatic nitrogens is 3. The van der Waals surface area contributed by atoms with E-state index in [0.717, 1.165) is 5.75 Å². The summed E-state index contributed by atoms with van der Waals surface area (Å²) in [6.45, 7) is 0. The van der Waals surface area contributed by atoms with Crippen molar-refractivity contribution in [2.45, 2.75) is 10.9 Å². The molecule has 0 saturated heterocycles. The molecular weight excluding hydrogens is 244 g/mol. The molecule has 1 aromatic heterocycles. The summed E-state index contributed by atoms with van der Waals surface area (Å²) in [4.78, 5) is 4.08. The first-order valence-corrected chi connectivity index (χ1v) is 6.59. The lowest BCUT2D eigenvalue weighted by atomic mass is 10.1. The SMILES string of the molecule is Nc1nc(SCc2cccc3ccccc23)n[nH]1. The van der Waals surface area contributed by atoms with Gasteiger partial charge in [0.1, 0.15) is 0 Å². The molecule has 0 fully saturated rings. The van der Waals surface area contributed by atoms with Gasteiger partial charge >= 0.3 is 0 Å². The molecule has 2 aromatic carbocycles. The largest absolute Gasteiger partial charge is 0.368 e. The maximum atomic E-state index is 5.50. The van der Waals surface area contributed by atoms with Gasteiger partial charge < -0.3 is 5.73 Å². The van der Waals surface area contributed by atoms with Crippen LogP contribution in [0.2, 0.25) is 0 Å². The highest BCUT2D eigenvalue weighted by Gasteiger charge is 2.04. The molecule has 0 aliphatic rings. The monoisotopic (exact) mass is 256 g/mol. The van der Waals surface area contributed by atoms with Crippen molar-refractivity contribution >= 4 is 28.5 Å². The van der Waals surface area contributed by atoms with Crippen LogP contribution in [0.25, 0.3) is 10.8 Å². The molecule has 3 rings (SSSR count). The molecular formula is C13H12N4S. The Morgan fingerprint density at radius 1 is 1.11 bits per heavy atom. The van der Waals surface area contributed by atoms with Crippen molar-refractivity contribution in [3.05, 3.63) is 48.0 Å². The van der Waals surface area contributed by atoms with E-state index in [1.54, 1.807) is 11.8 Å². The number of nitrogens with one attached hydrogen (secondary N) is 1. The number of thioether (sulfide) groups is 1. The summed E-state index contributed by atoms with van der Waals surface area (Å²) >= 11 is 1.58. The number of benzene rings is 2. The summed E-state index contributed by atoms with van der Waals surface area (Å²) < 4.78 is 0. The first kappa shape index (κ1) is 11.1. The first-order valence-electron chi connectivity index (χ1n) is 5.60. The zero-order valence-corrected chi connectivity index (χ0v) is 10.4. The molecule has 3 aromatic rings. The number of H-pyrrole nitrogens is 1. The van der Waals surface area contributed by atoms with Crippen molar-refractivity contribution < 1.29 is 0 Å². The van der Waals surface area contributed by atoms with Crippen molar-refractivity contribution in [2.75, 3.05) is 5.73 Å². The molecule has 4 nitrogen and oxygen atoms in total. The zero-order chi connectivity index (χ0) is 12.4. The number of rotatable bonds is 3. The number of hydrogen-bond donors (Lipinski definition) is 2. The Labute approximate surface area is 109 Å². The van der Waals surface area contributed by atoms with Gasteiger partial charge in [0.05, 0.1) is 0 Å². The van der Waals surface area contributed by atoms with Gasteiger partial charge in [-0.3, -0.25) is 0 Å². The van der Waals surface area contributed by atoms with Crippen molar-refractivity contribution in [1.29, 1.82) is 0 Å². The first-order chi connectivity index (χ1) is 8.83. The highest BCUT2D eigenvalue weighted by molar-refractivity contribution is 7.98. The van der Waals surface area contributed by atoms with Crippen LogP contribution >= 0.6 is 11.8 Å². The summed E-state index contributed by atoms with van der Waals surface area (Å²) in [5.41, 5.74) is 6.77. The number of anilines is 1. The number of nitrogens with two attached hydrogens (primary N) is 1. The van der Waals surface area contributed by atoms with E-state index in [4.69, 9.17) is 5.73 Å². The maximum Gasteiger partial charge on any atom is 0.216 e. The minimum absolute atomic E-state index is 0.357. The van der Waals surface area contributed by atoms with Gasteiger partial charge in [0.2, 0.25) is 11.1 Å². The molecule has 1 heterocycles. The van der Waals surface area contributed by atoms with Crippen LogP contribution in [-0.4, -0.2) is 15.2 Å². The molecule has 5 heteroatoms. The molecule has 3 N–H and O–H groups in total. The molecule has 90 valence electrons. The molecule has 18 heavy (non-hydrogen) atoms. The lowest BCUT2D eigenvalue weighted by molar-refractivity contribution is 0.973. The average molecular weight is 256 g/mol. The minimum Gasteiger partial charge on any atom is -0.368 e. The third-order valence-corrected chi connectivity index (χ3v) is 3.62. The second-order valence-electron chi connectivity index (χ2n) is 3.93. The molecule has 0 bridgehead atoms. The summed E-state index contributed by atoms with van der Waals surface area (Å²) in [5, 5.41) is 9.86. The summed E-state index contributed by atoms with van der Waals surface area (Å²) in [6, 6.07) is 14.7. The Hall–Kier alpha value is -2.01. The zero-order valence-electron chi connectivity index (χ0n) is 9.63. The number of hydrogen-bond acceptors (Lipinski definition) is 4. The quantitative estimate of drug-likeness (QED) is 0.707. The van der Waals surface area contributed by atoms with Gasteiger partial charge in [-0.1, -0.05) is 54.2 Å². The summed E-state index contributed by atoms with van der Waals surface area (Å²) in [6.07, 6.45) is 0. The Kier molecular flexibility index (Phi) is 2.90. The number of nitrogen functional groups attached to an aromatic ring is 1. The number of aromatic amines is 1. The van der Waals surface area contributed by atoms with Crippen LogP contribution in [0.5, 0.6) is 0 Å². The van der Waals surface area contributed by atoms with E-state index in [-0.39, 0.29) is 0 Å². The molecule has 0 aliphatic carbocycles. The second-order valence-corrected chi connectivity index (χ2v) is 4.87. The molecule has 0 atom stereocenters. The predicted molar refractivity (Wildman–Crippen MR) is 74.3 cm³/mol. The van der Waals surface area contributed by atoms with E-state index in [9.17, 15) is 0 Å². The van der Waals surface area contributed by atoms with Crippen molar-refractivity contribution in [2.24, 2.45) is 0 Å². The van der Waals surface area contributed by atoms with E-state index < -0.39 is 0 Å². The predicted octanol–water partition coefficient (Wildman–Crippen LogP) is 2.83. The van der Waals surface area contributed by atoms with E-state index in [2.05, 4.69) is 57.6 Å². The third kappa shape index (κ3) is 2.17. The topological polar surface area (TPSA) is 67.6 Å². The lowest BCUT2D eigenvalue weighted by Gasteiger charge is -2.04. The third-order valence-electron chi connectivity index (χ3n) is 2.72. The van der Waals surface area contributed by atoms with Gasteiger partial charge in [-0.05, 0) is 16.3 Å². The number of nitrogens with zero attached hydrogens (tertiary/aromatic N) is 2. The standard InChI is InChI=1S/C13H12N4S/c14-12-15-13(17-16-12)18-8-10-6-3-5-9-4-1-2-7-11(9)10/h1-7H,8H2,(H3,14,15,16,17). The number of fused-ring (bicyclic) bond motifs is 1. The smallest absolute Gasteiger partial charge is 0.216 e. The maximum absolute atomic E-state index is 5.50. The highest BCUT2D eigenvalue weighted by Crippen LogP contribution is 2.25. The van der Waals surface area contributed by atoms with Crippen LogP contribution in [0.15, 0.2) is 47.6 Å². The van der Waals surface area contributed by atoms with E-state index in [1.807, 2.05) is 0 Å². The molecule has 0 unspecified atom stereocenters. The van der Waals surface area contributed by atoms with Crippen LogP contribution in [-0.2, 0) is 5.75 Å². The summed E-state index contributed by atoms with van der Waals surface area (Å²) in [5.74, 6) is 1.19. The van der Waals surface area contributed by atoms with E-state index >= 15 is 0 Å². The fourth-order valence-corrected chi connectivity index (χ4v) is 2.69. The van der Waals surface area contributed by atoms with Gasteiger partial charge in [0.25, 0.3) is 0 Å². The van der Waals surface area contributed by atoms with E-state index in [0.29, 0.717) is 11.1 Å². The Balaban J connectivity index is 1.86.